The molecular formula is C51H33N3O2. The number of hydrogen-bond donors (Lipinski definition) is 0. The van der Waals surface area contributed by atoms with E-state index >= 15 is 0 Å². The van der Waals surface area contributed by atoms with E-state index in [1.54, 1.807) is 0 Å². The Morgan fingerprint density at radius 2 is 0.839 bits per heavy atom. The summed E-state index contributed by atoms with van der Waals surface area (Å²) >= 11 is 0. The largest absolute Gasteiger partial charge is 0.460 e. The molecule has 56 heavy (non-hydrogen) atoms. The first kappa shape index (κ1) is 32.1. The summed E-state index contributed by atoms with van der Waals surface area (Å²) < 4.78 is 12.7. The Labute approximate surface area is 323 Å². The van der Waals surface area contributed by atoms with Crippen LogP contribution in [0.15, 0.2) is 179 Å². The van der Waals surface area contributed by atoms with Crippen molar-refractivity contribution in [3.8, 4) is 56.4 Å². The van der Waals surface area contributed by atoms with Gasteiger partial charge in [0, 0.05) is 44.8 Å². The van der Waals surface area contributed by atoms with E-state index in [0.717, 1.165) is 90.5 Å². The summed E-state index contributed by atoms with van der Waals surface area (Å²) in [6.45, 7) is 0. The Balaban J connectivity index is 0.912. The molecule has 0 unspecified atom stereocenters. The maximum absolute atomic E-state index is 6.43. The van der Waals surface area contributed by atoms with Crippen LogP contribution < -0.4 is 0 Å². The molecule has 0 amide bonds. The van der Waals surface area contributed by atoms with Gasteiger partial charge in [-0.15, -0.1) is 0 Å². The van der Waals surface area contributed by atoms with Crippen LogP contribution in [0.25, 0.3) is 101 Å². The Hall–Kier alpha value is -7.37. The second-order valence-electron chi connectivity index (χ2n) is 14.3. The number of para-hydroxylation sites is 1. The fraction of sp³-hybridized carbons (Fsp3) is 0.0392. The molecule has 1 aliphatic rings. The molecule has 264 valence electrons. The lowest BCUT2D eigenvalue weighted by Gasteiger charge is -2.14. The normalized spacial score (nSPS) is 12.6. The van der Waals surface area contributed by atoms with Gasteiger partial charge >= 0.3 is 0 Å². The van der Waals surface area contributed by atoms with E-state index < -0.39 is 0 Å². The first-order valence-electron chi connectivity index (χ1n) is 19.0. The van der Waals surface area contributed by atoms with Crippen LogP contribution in [-0.4, -0.2) is 15.0 Å². The monoisotopic (exact) mass is 719 g/mol. The van der Waals surface area contributed by atoms with Crippen LogP contribution in [0.4, 0.5) is 0 Å². The minimum atomic E-state index is 0.636. The van der Waals surface area contributed by atoms with Crippen LogP contribution in [-0.2, 0) is 6.42 Å². The lowest BCUT2D eigenvalue weighted by Crippen LogP contribution is -2.00. The average molecular weight is 720 g/mol. The maximum atomic E-state index is 6.43. The number of rotatable bonds is 6. The van der Waals surface area contributed by atoms with Gasteiger partial charge in [0.2, 0.25) is 0 Å². The lowest BCUT2D eigenvalue weighted by atomic mass is 9.90. The van der Waals surface area contributed by atoms with Crippen molar-refractivity contribution in [2.24, 2.45) is 0 Å². The van der Waals surface area contributed by atoms with Crippen molar-refractivity contribution >= 4 is 44.6 Å². The van der Waals surface area contributed by atoms with Crippen LogP contribution in [0.1, 0.15) is 23.3 Å². The average Bonchev–Trinajstić information content (AvgIpc) is 3.83. The van der Waals surface area contributed by atoms with Gasteiger partial charge in [0.25, 0.3) is 0 Å². The van der Waals surface area contributed by atoms with Gasteiger partial charge in [-0.25, -0.2) is 15.0 Å². The third kappa shape index (κ3) is 5.69. The molecular weight excluding hydrogens is 687 g/mol. The molecule has 11 rings (SSSR count). The molecule has 7 aromatic carbocycles. The maximum Gasteiger partial charge on any atom is 0.164 e. The Kier molecular flexibility index (Phi) is 7.56. The molecule has 1 aliphatic carbocycles. The molecule has 0 saturated heterocycles. The summed E-state index contributed by atoms with van der Waals surface area (Å²) in [5.74, 6) is 2.96. The van der Waals surface area contributed by atoms with Crippen LogP contribution in [0, 0.1) is 0 Å². The summed E-state index contributed by atoms with van der Waals surface area (Å²) in [5, 5.41) is 3.29. The molecule has 0 saturated carbocycles. The topological polar surface area (TPSA) is 65.0 Å². The molecule has 5 heteroatoms. The molecule has 3 aromatic heterocycles. The van der Waals surface area contributed by atoms with E-state index in [-0.39, 0.29) is 0 Å². The third-order valence-electron chi connectivity index (χ3n) is 10.9. The number of fused-ring (bicyclic) bond motifs is 6. The van der Waals surface area contributed by atoms with E-state index in [9.17, 15) is 0 Å². The third-order valence-corrected chi connectivity index (χ3v) is 10.9. The molecule has 10 aromatic rings. The number of allylic oxidation sites excluding steroid dienone is 1. The highest BCUT2D eigenvalue weighted by atomic mass is 16.3. The zero-order chi connectivity index (χ0) is 37.0. The Morgan fingerprint density at radius 3 is 1.54 bits per heavy atom. The van der Waals surface area contributed by atoms with Gasteiger partial charge in [-0.2, -0.15) is 0 Å². The van der Waals surface area contributed by atoms with Gasteiger partial charge in [0.05, 0.1) is 0 Å². The first-order valence-corrected chi connectivity index (χ1v) is 19.0. The van der Waals surface area contributed by atoms with Gasteiger partial charge in [-0.05, 0) is 70.2 Å². The number of benzene rings is 7. The fourth-order valence-corrected chi connectivity index (χ4v) is 7.95. The molecule has 0 bridgehead atoms. The van der Waals surface area contributed by atoms with Crippen LogP contribution in [0.2, 0.25) is 0 Å². The highest BCUT2D eigenvalue weighted by molar-refractivity contribution is 6.11. The molecule has 0 spiro atoms. The SMILES string of the molecule is C1=C(c2cccc(-c3ccc(-c4nc(-c5ccccc5)nc(-c5ccc(-c6ccccc6)cc5)n4)cc3)c2)CCc2oc3cc4c(cc3c21)oc1ccccc14. The van der Waals surface area contributed by atoms with Crippen molar-refractivity contribution < 1.29 is 8.83 Å². The summed E-state index contributed by atoms with van der Waals surface area (Å²) in [6.07, 6.45) is 4.07. The standard InChI is InChI=1S/C51H33N3O2/c1-3-10-32(11-4-1)33-18-22-36(23-19-33)50-52-49(35-12-5-2-6-13-35)53-51(54-50)37-24-20-34(21-25-37)38-14-9-15-39(28-38)40-26-27-46-42(29-40)44-31-47-43(30-48(44)56-46)41-16-7-8-17-45(41)55-47/h1-25,28-31H,26-27H2. The predicted octanol–water partition coefficient (Wildman–Crippen LogP) is 13.3. The Morgan fingerprint density at radius 1 is 0.339 bits per heavy atom. The van der Waals surface area contributed by atoms with E-state index in [0.29, 0.717) is 17.5 Å². The number of aryl methyl sites for hydroxylation is 1. The number of aromatic nitrogens is 3. The molecule has 3 heterocycles. The van der Waals surface area contributed by atoms with Gasteiger partial charge in [0.15, 0.2) is 17.5 Å². The summed E-state index contributed by atoms with van der Waals surface area (Å²) in [6, 6.07) is 58.7. The van der Waals surface area contributed by atoms with Gasteiger partial charge in [-0.1, -0.05) is 146 Å². The number of nitrogens with zero attached hydrogens (tertiary/aromatic N) is 3. The molecule has 0 aliphatic heterocycles. The summed E-state index contributed by atoms with van der Waals surface area (Å²) in [7, 11) is 0. The van der Waals surface area contributed by atoms with E-state index in [4.69, 9.17) is 23.8 Å². The van der Waals surface area contributed by atoms with Crippen molar-refractivity contribution in [1.82, 2.24) is 15.0 Å². The molecule has 0 N–H and O–H groups in total. The summed E-state index contributed by atoms with van der Waals surface area (Å²) in [4.78, 5) is 14.9. The smallest absolute Gasteiger partial charge is 0.164 e. The highest BCUT2D eigenvalue weighted by Crippen LogP contribution is 2.41. The first-order chi connectivity index (χ1) is 27.7. The van der Waals surface area contributed by atoms with E-state index in [1.165, 1.54) is 16.7 Å². The van der Waals surface area contributed by atoms with Gasteiger partial charge in [-0.3, -0.25) is 0 Å². The Bertz CT molecular complexity index is 3100. The highest BCUT2D eigenvalue weighted by Gasteiger charge is 2.21. The number of furan rings is 2. The van der Waals surface area contributed by atoms with Crippen molar-refractivity contribution in [2.45, 2.75) is 12.8 Å². The summed E-state index contributed by atoms with van der Waals surface area (Å²) in [5.41, 5.74) is 13.8. The van der Waals surface area contributed by atoms with E-state index in [1.807, 2.05) is 54.6 Å². The second-order valence-corrected chi connectivity index (χ2v) is 14.3. The zero-order valence-electron chi connectivity index (χ0n) is 30.3. The molecule has 0 fully saturated rings. The zero-order valence-corrected chi connectivity index (χ0v) is 30.3. The van der Waals surface area contributed by atoms with Crippen molar-refractivity contribution in [2.75, 3.05) is 0 Å². The molecule has 5 nitrogen and oxygen atoms in total. The van der Waals surface area contributed by atoms with Crippen LogP contribution in [0.5, 0.6) is 0 Å². The fourth-order valence-electron chi connectivity index (χ4n) is 7.95. The predicted molar refractivity (Wildman–Crippen MR) is 227 cm³/mol. The van der Waals surface area contributed by atoms with E-state index in [2.05, 4.69) is 121 Å². The lowest BCUT2D eigenvalue weighted by molar-refractivity contribution is 0.548. The number of hydrogen-bond acceptors (Lipinski definition) is 5. The molecule has 0 atom stereocenters. The van der Waals surface area contributed by atoms with Crippen molar-refractivity contribution in [1.29, 1.82) is 0 Å². The quantitative estimate of drug-likeness (QED) is 0.171. The van der Waals surface area contributed by atoms with Gasteiger partial charge < -0.3 is 8.83 Å². The molecule has 0 radical (unpaired) electrons. The minimum absolute atomic E-state index is 0.636. The van der Waals surface area contributed by atoms with Crippen molar-refractivity contribution in [3.05, 3.63) is 187 Å². The van der Waals surface area contributed by atoms with Gasteiger partial charge in [0.1, 0.15) is 22.5 Å². The van der Waals surface area contributed by atoms with Crippen LogP contribution >= 0.6 is 0 Å². The minimum Gasteiger partial charge on any atom is -0.460 e. The van der Waals surface area contributed by atoms with Crippen molar-refractivity contribution in [3.63, 3.8) is 0 Å². The second kappa shape index (κ2) is 13.2. The van der Waals surface area contributed by atoms with Crippen LogP contribution in [0.3, 0.4) is 0 Å².